The Hall–Kier alpha value is -3.39. The summed E-state index contributed by atoms with van der Waals surface area (Å²) in [4.78, 5) is 0. The first-order valence-electron chi connectivity index (χ1n) is 20.0. The highest BCUT2D eigenvalue weighted by Gasteiger charge is 2.68. The van der Waals surface area contributed by atoms with Gasteiger partial charge in [0.2, 0.25) is 0 Å². The van der Waals surface area contributed by atoms with Crippen LogP contribution < -0.4 is 0 Å². The van der Waals surface area contributed by atoms with Gasteiger partial charge >= 0.3 is 0 Å². The van der Waals surface area contributed by atoms with E-state index in [2.05, 4.69) is 227 Å². The van der Waals surface area contributed by atoms with Crippen LogP contribution >= 0.6 is 27.7 Å². The highest BCUT2D eigenvalue weighted by atomic mass is 31.0. The van der Waals surface area contributed by atoms with Crippen molar-refractivity contribution < 1.29 is 0 Å². The Morgan fingerprint density at radius 3 is 0.446 bits per heavy atom. The molecule has 0 fully saturated rings. The zero-order valence-electron chi connectivity index (χ0n) is 36.1. The molecule has 6 rings (SSSR count). The molecule has 0 aromatic heterocycles. The topological polar surface area (TPSA) is 0 Å². The van der Waals surface area contributed by atoms with Crippen LogP contribution in [-0.2, 0) is 15.5 Å². The second-order valence-electron chi connectivity index (χ2n) is 17.8. The Balaban J connectivity index is 2.03. The minimum absolute atomic E-state index is 0.686. The molecule has 0 nitrogen and oxygen atoms in total. The van der Waals surface area contributed by atoms with Crippen molar-refractivity contribution in [2.45, 2.75) is 105 Å². The Morgan fingerprint density at radius 1 is 0.232 bits per heavy atom. The van der Waals surface area contributed by atoms with Crippen molar-refractivity contribution in [3.63, 3.8) is 0 Å². The van der Waals surface area contributed by atoms with Crippen LogP contribution in [0.2, 0.25) is 0 Å². The van der Waals surface area contributed by atoms with Gasteiger partial charge in [0.15, 0.2) is 0 Å². The second kappa shape index (κ2) is 15.4. The van der Waals surface area contributed by atoms with Crippen LogP contribution in [0, 0.1) is 88.5 Å². The Bertz CT molecular complexity index is 1920. The van der Waals surface area contributed by atoms with Crippen LogP contribution in [0.25, 0.3) is 0 Å². The fourth-order valence-corrected chi connectivity index (χ4v) is 13.2. The smallest absolute Gasteiger partial charge is 0.0428 e. The Kier molecular flexibility index (Phi) is 11.6. The molecule has 56 heavy (non-hydrogen) atoms. The summed E-state index contributed by atoms with van der Waals surface area (Å²) in [5, 5.41) is -2.06. The molecule has 0 N–H and O–H groups in total. The summed E-state index contributed by atoms with van der Waals surface area (Å²) < 4.78 is 0. The van der Waals surface area contributed by atoms with Gasteiger partial charge in [0.1, 0.15) is 0 Å². The number of hydrogen-bond acceptors (Lipinski definition) is 0. The van der Waals surface area contributed by atoms with Crippen molar-refractivity contribution in [1.82, 2.24) is 0 Å². The predicted molar refractivity (Wildman–Crippen MR) is 255 cm³/mol. The van der Waals surface area contributed by atoms with E-state index in [0.29, 0.717) is 0 Å². The zero-order valence-corrected chi connectivity index (χ0v) is 39.6. The van der Waals surface area contributed by atoms with Crippen LogP contribution in [0.5, 0.6) is 0 Å². The van der Waals surface area contributed by atoms with Crippen LogP contribution in [-0.4, -0.2) is 0 Å². The lowest BCUT2D eigenvalue weighted by Crippen LogP contribution is -2.62. The van der Waals surface area contributed by atoms with E-state index >= 15 is 0 Å². The molecule has 0 aliphatic heterocycles. The van der Waals surface area contributed by atoms with E-state index in [0.717, 1.165) is 0 Å². The van der Waals surface area contributed by atoms with Gasteiger partial charge in [-0.05, 0) is 116 Å². The Morgan fingerprint density at radius 2 is 0.339 bits per heavy atom. The SMILES string of the molecule is Cc1cc(C)cc(C(P)(c2cc(C)cc(C)c2)C(C)(C(P)(c2cc(C)cc(C)c2)c2cc(C)cc(C)c2)C(P)(c2cc(C)cc(C)c2)c2cc(C)cc(C)c2)c1. The van der Waals surface area contributed by atoms with Gasteiger partial charge in [0.05, 0.1) is 0 Å². The third kappa shape index (κ3) is 7.19. The average Bonchev–Trinajstić information content (AvgIpc) is 3.07. The lowest BCUT2D eigenvalue weighted by atomic mass is 9.49. The van der Waals surface area contributed by atoms with Gasteiger partial charge in [-0.15, -0.1) is 27.7 Å². The van der Waals surface area contributed by atoms with Crippen molar-refractivity contribution in [1.29, 1.82) is 0 Å². The molecule has 0 heterocycles. The fourth-order valence-electron chi connectivity index (χ4n) is 10.4. The van der Waals surface area contributed by atoms with Gasteiger partial charge in [-0.3, -0.25) is 0 Å². The summed E-state index contributed by atoms with van der Waals surface area (Å²) in [6, 6.07) is 43.4. The highest BCUT2D eigenvalue weighted by Crippen LogP contribution is 2.75. The molecular formula is C53H63P3. The monoisotopic (exact) mass is 792 g/mol. The van der Waals surface area contributed by atoms with Crippen LogP contribution in [0.1, 0.15) is 107 Å². The highest BCUT2D eigenvalue weighted by molar-refractivity contribution is 7.22. The van der Waals surface area contributed by atoms with E-state index in [1.807, 2.05) is 0 Å². The van der Waals surface area contributed by atoms with Crippen molar-refractivity contribution >= 4 is 27.7 Å². The van der Waals surface area contributed by atoms with E-state index in [1.54, 1.807) is 0 Å². The van der Waals surface area contributed by atoms with Gasteiger partial charge in [-0.25, -0.2) is 0 Å². The van der Waals surface area contributed by atoms with Gasteiger partial charge in [-0.1, -0.05) is 183 Å². The van der Waals surface area contributed by atoms with Crippen LogP contribution in [0.4, 0.5) is 0 Å². The summed E-state index contributed by atoms with van der Waals surface area (Å²) in [7, 11) is 10.9. The van der Waals surface area contributed by atoms with Crippen LogP contribution in [0.15, 0.2) is 109 Å². The molecule has 0 saturated heterocycles. The van der Waals surface area contributed by atoms with Crippen molar-refractivity contribution in [3.8, 4) is 0 Å². The molecule has 0 aliphatic carbocycles. The fraction of sp³-hybridized carbons (Fsp3) is 0.321. The minimum Gasteiger partial charge on any atom is -0.121 e. The summed E-state index contributed by atoms with van der Waals surface area (Å²) in [5.41, 5.74) is 22.1. The van der Waals surface area contributed by atoms with Gasteiger partial charge < -0.3 is 0 Å². The third-order valence-corrected chi connectivity index (χ3v) is 16.2. The first-order chi connectivity index (χ1) is 26.1. The van der Waals surface area contributed by atoms with Gasteiger partial charge in [0, 0.05) is 20.9 Å². The molecule has 0 amide bonds. The normalized spacial score (nSPS) is 12.6. The standard InChI is InChI=1S/C53H63P3/c1-32-14-33(2)21-44(20-32)51(54,45-22-34(3)15-35(4)23-45)50(13,52(55,46-24-36(5)16-37(6)25-46)47-26-38(7)17-39(8)27-47)53(56,48-28-40(9)18-41(10)29-48)49-30-42(11)19-43(12)31-49/h14-31H,54-56H2,1-13H3. The average molecular weight is 793 g/mol. The van der Waals surface area contributed by atoms with Gasteiger partial charge in [0.25, 0.3) is 0 Å². The first-order valence-corrected chi connectivity index (χ1v) is 21.7. The maximum absolute atomic E-state index is 3.63. The van der Waals surface area contributed by atoms with Crippen molar-refractivity contribution in [2.24, 2.45) is 5.41 Å². The molecule has 6 aromatic carbocycles. The third-order valence-electron chi connectivity index (χ3n) is 12.4. The molecule has 0 radical (unpaired) electrons. The number of rotatable bonds is 9. The molecule has 6 aromatic rings. The molecule has 3 atom stereocenters. The zero-order chi connectivity index (χ0) is 41.1. The molecule has 0 aliphatic rings. The number of benzene rings is 6. The molecule has 3 heteroatoms. The second-order valence-corrected chi connectivity index (χ2v) is 20.4. The predicted octanol–water partition coefficient (Wildman–Crippen LogP) is 14.2. The minimum atomic E-state index is -0.714. The first kappa shape index (κ1) is 42.2. The lowest BCUT2D eigenvalue weighted by Gasteiger charge is -2.65. The maximum atomic E-state index is 3.63. The van der Waals surface area contributed by atoms with E-state index < -0.39 is 20.9 Å². The van der Waals surface area contributed by atoms with Crippen LogP contribution in [0.3, 0.4) is 0 Å². The summed E-state index contributed by atoms with van der Waals surface area (Å²) in [6.45, 7) is 29.7. The van der Waals surface area contributed by atoms with Gasteiger partial charge in [-0.2, -0.15) is 0 Å². The molecule has 0 saturated carbocycles. The summed E-state index contributed by atoms with van der Waals surface area (Å²) in [6.07, 6.45) is 0. The van der Waals surface area contributed by atoms with E-state index in [-0.39, 0.29) is 0 Å². The molecular weight excluding hydrogens is 730 g/mol. The van der Waals surface area contributed by atoms with Crippen molar-refractivity contribution in [2.75, 3.05) is 0 Å². The number of aryl methyl sites for hydroxylation is 12. The van der Waals surface area contributed by atoms with Crippen molar-refractivity contribution in [3.05, 3.63) is 209 Å². The molecule has 290 valence electrons. The number of hydrogen-bond donors (Lipinski definition) is 0. The van der Waals surface area contributed by atoms with E-state index in [9.17, 15) is 0 Å². The quantitative estimate of drug-likeness (QED) is 0.128. The van der Waals surface area contributed by atoms with E-state index in [4.69, 9.17) is 0 Å². The van der Waals surface area contributed by atoms with E-state index in [1.165, 1.54) is 100 Å². The Labute approximate surface area is 346 Å². The maximum Gasteiger partial charge on any atom is 0.0428 e. The lowest BCUT2D eigenvalue weighted by molar-refractivity contribution is 0.141. The summed E-state index contributed by atoms with van der Waals surface area (Å²) in [5.74, 6) is 0. The largest absolute Gasteiger partial charge is 0.121 e. The molecule has 0 bridgehead atoms. The molecule has 0 spiro atoms. The summed E-state index contributed by atoms with van der Waals surface area (Å²) >= 11 is 0. The molecule has 3 unspecified atom stereocenters.